The van der Waals surface area contributed by atoms with Crippen LogP contribution in [0.5, 0.6) is 0 Å². The highest BCUT2D eigenvalue weighted by Gasteiger charge is 2.22. The van der Waals surface area contributed by atoms with E-state index in [1.165, 1.54) is 11.3 Å². The van der Waals surface area contributed by atoms with Gasteiger partial charge in [0.2, 0.25) is 5.91 Å². The highest BCUT2D eigenvalue weighted by molar-refractivity contribution is 7.88. The van der Waals surface area contributed by atoms with Gasteiger partial charge in [0.25, 0.3) is 0 Å². The molecule has 0 bridgehead atoms. The van der Waals surface area contributed by atoms with Gasteiger partial charge in [-0.25, -0.2) is 0 Å². The number of anilines is 2. The van der Waals surface area contributed by atoms with Gasteiger partial charge < -0.3 is 11.1 Å². The third-order valence-electron chi connectivity index (χ3n) is 2.90. The van der Waals surface area contributed by atoms with E-state index in [-0.39, 0.29) is 5.91 Å². The Bertz CT molecular complexity index is 639. The Hall–Kier alpha value is -1.66. The summed E-state index contributed by atoms with van der Waals surface area (Å²) in [7, 11) is -1.34. The fourth-order valence-corrected chi connectivity index (χ4v) is 3.90. The first-order valence-corrected chi connectivity index (χ1v) is 8.19. The summed E-state index contributed by atoms with van der Waals surface area (Å²) in [6.45, 7) is 3.54. The number of amides is 1. The Morgan fingerprint density at radius 3 is 2.80 bits per heavy atom. The van der Waals surface area contributed by atoms with Gasteiger partial charge in [0.1, 0.15) is 5.25 Å². The Morgan fingerprint density at radius 2 is 2.15 bits per heavy atom. The molecule has 106 valence electrons. The first kappa shape index (κ1) is 14.7. The molecule has 2 rings (SSSR count). The first-order valence-electron chi connectivity index (χ1n) is 6.10. The summed E-state index contributed by atoms with van der Waals surface area (Å²) in [6, 6.07) is 8.92. The number of nitrogen functional groups attached to an aromatic ring is 1. The van der Waals surface area contributed by atoms with Gasteiger partial charge in [-0.3, -0.25) is 9.00 Å². The van der Waals surface area contributed by atoms with Crippen LogP contribution in [-0.2, 0) is 15.6 Å². The maximum Gasteiger partial charge on any atom is 0.240 e. The van der Waals surface area contributed by atoms with Crippen LogP contribution in [0.4, 0.5) is 11.4 Å². The van der Waals surface area contributed by atoms with Gasteiger partial charge in [-0.1, -0.05) is 12.1 Å². The zero-order valence-electron chi connectivity index (χ0n) is 11.3. The molecule has 0 aliphatic heterocycles. The fraction of sp³-hybridized carbons (Fsp3) is 0.214. The molecule has 1 aromatic heterocycles. The van der Waals surface area contributed by atoms with Gasteiger partial charge in [-0.15, -0.1) is 11.3 Å². The van der Waals surface area contributed by atoms with Crippen LogP contribution in [0, 0.1) is 6.92 Å². The van der Waals surface area contributed by atoms with Crippen molar-refractivity contribution in [2.45, 2.75) is 23.3 Å². The lowest BCUT2D eigenvalue weighted by atomic mass is 10.2. The van der Waals surface area contributed by atoms with E-state index in [0.717, 1.165) is 5.56 Å². The highest BCUT2D eigenvalue weighted by atomic mass is 32.2. The lowest BCUT2D eigenvalue weighted by molar-refractivity contribution is -0.115. The maximum absolute atomic E-state index is 12.2. The van der Waals surface area contributed by atoms with Crippen LogP contribution in [0.15, 0.2) is 39.9 Å². The van der Waals surface area contributed by atoms with Gasteiger partial charge in [0.15, 0.2) is 0 Å². The lowest BCUT2D eigenvalue weighted by Crippen LogP contribution is -2.29. The second kappa shape index (κ2) is 6.19. The molecule has 20 heavy (non-hydrogen) atoms. The average molecular weight is 308 g/mol. The molecule has 0 saturated carbocycles. The van der Waals surface area contributed by atoms with Gasteiger partial charge in [0, 0.05) is 11.4 Å². The number of carbonyl (C=O) groups is 1. The Balaban J connectivity index is 2.12. The van der Waals surface area contributed by atoms with Crippen molar-refractivity contribution in [1.82, 2.24) is 0 Å². The van der Waals surface area contributed by atoms with Crippen molar-refractivity contribution < 1.29 is 9.00 Å². The predicted molar refractivity (Wildman–Crippen MR) is 84.4 cm³/mol. The zero-order chi connectivity index (χ0) is 14.7. The molecule has 3 N–H and O–H groups in total. The largest absolute Gasteiger partial charge is 0.399 e. The number of thiophene rings is 1. The number of carbonyl (C=O) groups excluding carboxylic acids is 1. The van der Waals surface area contributed by atoms with Crippen LogP contribution in [0.3, 0.4) is 0 Å². The fourth-order valence-electron chi connectivity index (χ4n) is 1.66. The molecular weight excluding hydrogens is 292 g/mol. The molecule has 0 radical (unpaired) electrons. The van der Waals surface area contributed by atoms with E-state index in [1.807, 2.05) is 24.4 Å². The Labute approximate surface area is 124 Å². The van der Waals surface area contributed by atoms with Crippen LogP contribution in [0.2, 0.25) is 0 Å². The number of nitrogens with one attached hydrogen (secondary N) is 1. The molecule has 1 aromatic carbocycles. The second-order valence-corrected chi connectivity index (χ2v) is 7.38. The van der Waals surface area contributed by atoms with Crippen LogP contribution in [0.1, 0.15) is 12.5 Å². The number of benzene rings is 1. The summed E-state index contributed by atoms with van der Waals surface area (Å²) in [5.74, 6) is -0.273. The molecule has 2 atom stereocenters. The number of nitrogens with two attached hydrogens (primary N) is 1. The minimum atomic E-state index is -1.34. The van der Waals surface area contributed by atoms with Crippen molar-refractivity contribution in [1.29, 1.82) is 0 Å². The number of hydrogen-bond donors (Lipinski definition) is 2. The minimum Gasteiger partial charge on any atom is -0.399 e. The highest BCUT2D eigenvalue weighted by Crippen LogP contribution is 2.21. The summed E-state index contributed by atoms with van der Waals surface area (Å²) >= 11 is 1.39. The van der Waals surface area contributed by atoms with Crippen LogP contribution < -0.4 is 11.1 Å². The number of rotatable bonds is 4. The lowest BCUT2D eigenvalue weighted by Gasteiger charge is -2.13. The van der Waals surface area contributed by atoms with E-state index in [1.54, 1.807) is 25.1 Å². The van der Waals surface area contributed by atoms with Gasteiger partial charge >= 0.3 is 0 Å². The molecule has 4 nitrogen and oxygen atoms in total. The molecule has 2 unspecified atom stereocenters. The van der Waals surface area contributed by atoms with E-state index >= 15 is 0 Å². The molecule has 0 saturated heterocycles. The van der Waals surface area contributed by atoms with E-state index in [0.29, 0.717) is 15.6 Å². The molecular formula is C14H16N2O2S2. The summed E-state index contributed by atoms with van der Waals surface area (Å²) in [6.07, 6.45) is 0. The zero-order valence-corrected chi connectivity index (χ0v) is 12.9. The van der Waals surface area contributed by atoms with Gasteiger partial charge in [-0.2, -0.15) is 0 Å². The molecule has 0 spiro atoms. The molecule has 2 aromatic rings. The van der Waals surface area contributed by atoms with Crippen molar-refractivity contribution in [2.75, 3.05) is 11.1 Å². The topological polar surface area (TPSA) is 72.2 Å². The Kier molecular flexibility index (Phi) is 4.57. The summed E-state index contributed by atoms with van der Waals surface area (Å²) in [4.78, 5) is 12.2. The van der Waals surface area contributed by atoms with E-state index in [9.17, 15) is 9.00 Å². The van der Waals surface area contributed by atoms with Crippen LogP contribution in [0.25, 0.3) is 0 Å². The number of aryl methyl sites for hydroxylation is 1. The molecule has 0 aliphatic rings. The third-order valence-corrected chi connectivity index (χ3v) is 5.74. The molecule has 0 aliphatic carbocycles. The van der Waals surface area contributed by atoms with Crippen LogP contribution in [-0.4, -0.2) is 15.4 Å². The van der Waals surface area contributed by atoms with Crippen LogP contribution >= 0.6 is 11.3 Å². The summed E-state index contributed by atoms with van der Waals surface area (Å²) in [5, 5.41) is 4.02. The molecule has 1 amide bonds. The predicted octanol–water partition coefficient (Wildman–Crippen LogP) is 2.77. The average Bonchev–Trinajstić information content (AvgIpc) is 2.95. The maximum atomic E-state index is 12.2. The van der Waals surface area contributed by atoms with Gasteiger partial charge in [0.05, 0.1) is 15.0 Å². The number of hydrogen-bond acceptors (Lipinski definition) is 4. The smallest absolute Gasteiger partial charge is 0.240 e. The molecule has 1 heterocycles. The van der Waals surface area contributed by atoms with E-state index in [2.05, 4.69) is 5.32 Å². The Morgan fingerprint density at radius 1 is 1.40 bits per heavy atom. The van der Waals surface area contributed by atoms with Crippen molar-refractivity contribution in [3.05, 3.63) is 41.3 Å². The van der Waals surface area contributed by atoms with Crippen molar-refractivity contribution in [3.63, 3.8) is 0 Å². The van der Waals surface area contributed by atoms with Crippen molar-refractivity contribution >= 4 is 39.4 Å². The van der Waals surface area contributed by atoms with E-state index in [4.69, 9.17) is 5.73 Å². The normalized spacial score (nSPS) is 13.7. The minimum absolute atomic E-state index is 0.273. The summed E-state index contributed by atoms with van der Waals surface area (Å²) in [5.41, 5.74) is 7.86. The van der Waals surface area contributed by atoms with Crippen molar-refractivity contribution in [3.8, 4) is 0 Å². The monoisotopic (exact) mass is 308 g/mol. The standard InChI is InChI=1S/C14H16N2O2S2/c1-9-5-6-11(15)8-12(9)16-14(17)10(2)20(18)13-4-3-7-19-13/h3-8,10H,15H2,1-2H3,(H,16,17). The molecule has 0 fully saturated rings. The first-order chi connectivity index (χ1) is 9.49. The SMILES string of the molecule is Cc1ccc(N)cc1NC(=O)C(C)S(=O)c1cccs1. The summed E-state index contributed by atoms with van der Waals surface area (Å²) < 4.78 is 12.9. The van der Waals surface area contributed by atoms with Gasteiger partial charge in [-0.05, 0) is 43.0 Å². The third kappa shape index (κ3) is 3.26. The quantitative estimate of drug-likeness (QED) is 0.853. The second-order valence-electron chi connectivity index (χ2n) is 4.44. The van der Waals surface area contributed by atoms with E-state index < -0.39 is 16.0 Å². The molecule has 6 heteroatoms. The van der Waals surface area contributed by atoms with Crippen molar-refractivity contribution in [2.24, 2.45) is 0 Å².